The molecule has 1 heterocycles. The number of fused-ring (bicyclic) bond motifs is 1. The first kappa shape index (κ1) is 17.0. The van der Waals surface area contributed by atoms with Crippen molar-refractivity contribution in [2.75, 3.05) is 13.1 Å². The molecule has 0 radical (unpaired) electrons. The van der Waals surface area contributed by atoms with Crippen LogP contribution in [0.5, 0.6) is 0 Å². The van der Waals surface area contributed by atoms with Crippen molar-refractivity contribution in [3.05, 3.63) is 29.8 Å². The molecule has 7 heteroatoms. The molecule has 1 aliphatic rings. The monoisotopic (exact) mass is 333 g/mol. The van der Waals surface area contributed by atoms with Crippen LogP contribution in [0.4, 0.5) is 0 Å². The Bertz CT molecular complexity index is 748. The van der Waals surface area contributed by atoms with Gasteiger partial charge in [-0.05, 0) is 25.0 Å². The van der Waals surface area contributed by atoms with Crippen LogP contribution >= 0.6 is 0 Å². The zero-order valence-electron chi connectivity index (χ0n) is 12.7. The summed E-state index contributed by atoms with van der Waals surface area (Å²) in [5.74, 6) is 2.70. The maximum absolute atomic E-state index is 11.9. The second-order valence-corrected chi connectivity index (χ2v) is 6.77. The van der Waals surface area contributed by atoms with E-state index in [9.17, 15) is 13.2 Å². The van der Waals surface area contributed by atoms with E-state index in [1.807, 2.05) is 0 Å². The van der Waals surface area contributed by atoms with Crippen LogP contribution in [0.15, 0.2) is 34.2 Å². The molecule has 1 aromatic carbocycles. The number of sulfonamides is 1. The largest absolute Gasteiger partial charge is 0.345 e. The van der Waals surface area contributed by atoms with Crippen molar-refractivity contribution in [1.82, 2.24) is 10.0 Å². The quantitative estimate of drug-likeness (QED) is 0.577. The summed E-state index contributed by atoms with van der Waals surface area (Å²) >= 11 is 0. The van der Waals surface area contributed by atoms with E-state index in [2.05, 4.69) is 21.0 Å². The summed E-state index contributed by atoms with van der Waals surface area (Å²) in [7, 11) is -3.47. The van der Waals surface area contributed by atoms with Gasteiger partial charge in [0.1, 0.15) is 5.84 Å². The van der Waals surface area contributed by atoms with Gasteiger partial charge in [-0.3, -0.25) is 14.5 Å². The molecule has 0 bridgehead atoms. The Hall–Kier alpha value is -2.33. The van der Waals surface area contributed by atoms with Gasteiger partial charge in [0.05, 0.1) is 11.4 Å². The molecular weight excluding hydrogens is 314 g/mol. The molecule has 1 amide bonds. The molecule has 0 unspecified atom stereocenters. The van der Waals surface area contributed by atoms with E-state index in [0.717, 1.165) is 19.3 Å². The van der Waals surface area contributed by atoms with Crippen molar-refractivity contribution < 1.29 is 13.2 Å². The highest BCUT2D eigenvalue weighted by Gasteiger charge is 2.29. The topological polar surface area (TPSA) is 87.6 Å². The highest BCUT2D eigenvalue weighted by Crippen LogP contribution is 2.22. The third-order valence-electron chi connectivity index (χ3n) is 3.38. The Balaban J connectivity index is 1.78. The number of unbranched alkanes of at least 4 members (excludes halogenated alkanes) is 2. The first-order valence-corrected chi connectivity index (χ1v) is 8.90. The Morgan fingerprint density at radius 1 is 1.26 bits per heavy atom. The van der Waals surface area contributed by atoms with Crippen LogP contribution in [-0.4, -0.2) is 33.3 Å². The predicted molar refractivity (Wildman–Crippen MR) is 88.5 cm³/mol. The van der Waals surface area contributed by atoms with E-state index in [4.69, 9.17) is 6.42 Å². The number of rotatable bonds is 7. The zero-order valence-corrected chi connectivity index (χ0v) is 13.5. The lowest BCUT2D eigenvalue weighted by atomic mass is 10.2. The summed E-state index contributed by atoms with van der Waals surface area (Å²) in [5, 5.41) is 2.61. The molecule has 0 saturated heterocycles. The van der Waals surface area contributed by atoms with Gasteiger partial charge in [-0.25, -0.2) is 8.42 Å². The number of amides is 1. The molecule has 0 saturated carbocycles. The standard InChI is InChI=1S/C16H19N3O3S/c1-2-11-17-15(20)10-4-3-7-12-18-16-13-8-5-6-9-14(13)23(21,22)19-16/h1,5-6,8-9H,3-4,7,10-12H2,(H,17,20)(H,18,19). The number of nitrogens with one attached hydrogen (secondary N) is 2. The van der Waals surface area contributed by atoms with E-state index in [1.54, 1.807) is 24.3 Å². The smallest absolute Gasteiger partial charge is 0.263 e. The van der Waals surface area contributed by atoms with Crippen LogP contribution in [0.3, 0.4) is 0 Å². The minimum atomic E-state index is -3.47. The molecular formula is C16H19N3O3S. The SMILES string of the molecule is C#CCNC(=O)CCCCCN=C1NS(=O)(=O)c2ccccc21. The lowest BCUT2D eigenvalue weighted by molar-refractivity contribution is -0.120. The number of terminal acetylenes is 1. The highest BCUT2D eigenvalue weighted by molar-refractivity contribution is 7.90. The summed E-state index contributed by atoms with van der Waals surface area (Å²) in [6.45, 7) is 0.768. The maximum atomic E-state index is 11.9. The summed E-state index contributed by atoms with van der Waals surface area (Å²) < 4.78 is 26.3. The average molecular weight is 333 g/mol. The summed E-state index contributed by atoms with van der Waals surface area (Å²) in [4.78, 5) is 15.9. The van der Waals surface area contributed by atoms with Gasteiger partial charge in [0.25, 0.3) is 10.0 Å². The molecule has 0 fully saturated rings. The first-order valence-electron chi connectivity index (χ1n) is 7.41. The number of aliphatic imine (C=N–C) groups is 1. The molecule has 2 rings (SSSR count). The van der Waals surface area contributed by atoms with Crippen molar-refractivity contribution in [3.63, 3.8) is 0 Å². The van der Waals surface area contributed by atoms with Crippen molar-refractivity contribution in [1.29, 1.82) is 0 Å². The second-order valence-electron chi connectivity index (χ2n) is 5.12. The normalized spacial score (nSPS) is 16.4. The number of hydrogen-bond acceptors (Lipinski definition) is 4. The lowest BCUT2D eigenvalue weighted by Crippen LogP contribution is -2.23. The van der Waals surface area contributed by atoms with Crippen molar-refractivity contribution in [2.24, 2.45) is 4.99 Å². The Morgan fingerprint density at radius 3 is 2.83 bits per heavy atom. The Kier molecular flexibility index (Phi) is 5.77. The van der Waals surface area contributed by atoms with Gasteiger partial charge in [-0.15, -0.1) is 6.42 Å². The average Bonchev–Trinajstić information content (AvgIpc) is 2.80. The molecule has 1 aliphatic heterocycles. The second kappa shape index (κ2) is 7.79. The first-order chi connectivity index (χ1) is 11.0. The summed E-state index contributed by atoms with van der Waals surface area (Å²) in [5.41, 5.74) is 0.612. The molecule has 122 valence electrons. The number of benzene rings is 1. The number of hydrogen-bond donors (Lipinski definition) is 2. The number of carbonyl (C=O) groups is 1. The Labute approximate surface area is 136 Å². The molecule has 6 nitrogen and oxygen atoms in total. The van der Waals surface area contributed by atoms with Crippen molar-refractivity contribution in [3.8, 4) is 12.3 Å². The predicted octanol–water partition coefficient (Wildman–Crippen LogP) is 1.03. The fourth-order valence-electron chi connectivity index (χ4n) is 2.25. The van der Waals surface area contributed by atoms with Crippen molar-refractivity contribution >= 4 is 21.8 Å². The van der Waals surface area contributed by atoms with Crippen LogP contribution in [0.1, 0.15) is 31.2 Å². The van der Waals surface area contributed by atoms with Gasteiger partial charge in [0.2, 0.25) is 5.91 Å². The molecule has 23 heavy (non-hydrogen) atoms. The highest BCUT2D eigenvalue weighted by atomic mass is 32.2. The van der Waals surface area contributed by atoms with Crippen LogP contribution in [0.2, 0.25) is 0 Å². The molecule has 0 aromatic heterocycles. The fourth-order valence-corrected chi connectivity index (χ4v) is 3.51. The van der Waals surface area contributed by atoms with E-state index in [0.29, 0.717) is 24.4 Å². The van der Waals surface area contributed by atoms with Gasteiger partial charge in [0, 0.05) is 18.5 Å². The zero-order chi connectivity index (χ0) is 16.7. The number of nitrogens with zero attached hydrogens (tertiary/aromatic N) is 1. The summed E-state index contributed by atoms with van der Waals surface area (Å²) in [6.07, 6.45) is 7.88. The van der Waals surface area contributed by atoms with Crippen LogP contribution in [-0.2, 0) is 14.8 Å². The number of amidine groups is 1. The van der Waals surface area contributed by atoms with Crippen LogP contribution in [0.25, 0.3) is 0 Å². The third kappa shape index (κ3) is 4.57. The minimum Gasteiger partial charge on any atom is -0.345 e. The van der Waals surface area contributed by atoms with E-state index in [-0.39, 0.29) is 17.3 Å². The fraction of sp³-hybridized carbons (Fsp3) is 0.375. The van der Waals surface area contributed by atoms with E-state index < -0.39 is 10.0 Å². The van der Waals surface area contributed by atoms with Gasteiger partial charge >= 0.3 is 0 Å². The molecule has 0 spiro atoms. The van der Waals surface area contributed by atoms with Gasteiger partial charge in [-0.2, -0.15) is 0 Å². The van der Waals surface area contributed by atoms with Crippen LogP contribution < -0.4 is 10.0 Å². The molecule has 1 aromatic rings. The Morgan fingerprint density at radius 2 is 2.04 bits per heavy atom. The molecule has 0 aliphatic carbocycles. The maximum Gasteiger partial charge on any atom is 0.263 e. The third-order valence-corrected chi connectivity index (χ3v) is 4.78. The molecule has 0 atom stereocenters. The van der Waals surface area contributed by atoms with E-state index >= 15 is 0 Å². The van der Waals surface area contributed by atoms with Gasteiger partial charge in [0.15, 0.2) is 0 Å². The van der Waals surface area contributed by atoms with Crippen molar-refractivity contribution in [2.45, 2.75) is 30.6 Å². The summed E-state index contributed by atoms with van der Waals surface area (Å²) in [6, 6.07) is 6.77. The molecule has 2 N–H and O–H groups in total. The van der Waals surface area contributed by atoms with Gasteiger partial charge in [-0.1, -0.05) is 24.5 Å². The minimum absolute atomic E-state index is 0.0493. The number of carbonyl (C=O) groups excluding carboxylic acids is 1. The van der Waals surface area contributed by atoms with E-state index in [1.165, 1.54) is 0 Å². The van der Waals surface area contributed by atoms with Crippen LogP contribution in [0, 0.1) is 12.3 Å². The lowest BCUT2D eigenvalue weighted by Gasteiger charge is -2.02. The van der Waals surface area contributed by atoms with Gasteiger partial charge < -0.3 is 5.32 Å².